The summed E-state index contributed by atoms with van der Waals surface area (Å²) in [7, 11) is 0. The van der Waals surface area contributed by atoms with Gasteiger partial charge in [-0.15, -0.1) is 0 Å². The molecule has 1 saturated heterocycles. The molecule has 134 valence electrons. The molecule has 1 N–H and O–H groups in total. The van der Waals surface area contributed by atoms with Crippen molar-refractivity contribution in [3.8, 4) is 0 Å². The highest BCUT2D eigenvalue weighted by Crippen LogP contribution is 2.18. The van der Waals surface area contributed by atoms with Crippen LogP contribution in [0.15, 0.2) is 42.5 Å². The number of rotatable bonds is 6. The molecule has 2 aromatic rings. The van der Waals surface area contributed by atoms with E-state index < -0.39 is 11.6 Å². The van der Waals surface area contributed by atoms with E-state index in [1.54, 1.807) is 0 Å². The van der Waals surface area contributed by atoms with Crippen molar-refractivity contribution in [2.75, 3.05) is 26.3 Å². The third-order valence-corrected chi connectivity index (χ3v) is 4.60. The summed E-state index contributed by atoms with van der Waals surface area (Å²) in [5.74, 6) is -1.09. The van der Waals surface area contributed by atoms with Gasteiger partial charge in [0, 0.05) is 38.3 Å². The fourth-order valence-electron chi connectivity index (χ4n) is 3.09. The first-order valence-electron chi connectivity index (χ1n) is 8.68. The maximum absolute atomic E-state index is 13.4. The largest absolute Gasteiger partial charge is 0.379 e. The number of morpholine rings is 1. The average molecular weight is 346 g/mol. The van der Waals surface area contributed by atoms with E-state index in [1.165, 1.54) is 23.3 Å². The van der Waals surface area contributed by atoms with E-state index in [4.69, 9.17) is 4.74 Å². The molecule has 1 atom stereocenters. The Labute approximate surface area is 147 Å². The van der Waals surface area contributed by atoms with Crippen LogP contribution in [0.2, 0.25) is 0 Å². The molecule has 5 heteroatoms. The van der Waals surface area contributed by atoms with E-state index in [0.29, 0.717) is 12.1 Å². The first kappa shape index (κ1) is 18.0. The molecule has 0 unspecified atom stereocenters. The first-order chi connectivity index (χ1) is 12.1. The molecule has 2 aromatic carbocycles. The second kappa shape index (κ2) is 8.52. The zero-order valence-corrected chi connectivity index (χ0v) is 14.5. The number of nitrogens with one attached hydrogen (secondary N) is 1. The summed E-state index contributed by atoms with van der Waals surface area (Å²) in [4.78, 5) is 2.38. The molecule has 0 saturated carbocycles. The predicted octanol–water partition coefficient (Wildman–Crippen LogP) is 3.65. The summed E-state index contributed by atoms with van der Waals surface area (Å²) in [6.45, 7) is 6.91. The van der Waals surface area contributed by atoms with E-state index in [-0.39, 0.29) is 6.04 Å². The lowest BCUT2D eigenvalue weighted by molar-refractivity contribution is 0.0340. The highest BCUT2D eigenvalue weighted by molar-refractivity contribution is 5.28. The van der Waals surface area contributed by atoms with Gasteiger partial charge < -0.3 is 10.1 Å². The van der Waals surface area contributed by atoms with Crippen LogP contribution < -0.4 is 5.32 Å². The van der Waals surface area contributed by atoms with Gasteiger partial charge in [0.15, 0.2) is 0 Å². The zero-order chi connectivity index (χ0) is 17.6. The number of hydrogen-bond acceptors (Lipinski definition) is 3. The van der Waals surface area contributed by atoms with Crippen LogP contribution in [0.3, 0.4) is 0 Å². The number of nitrogens with zero attached hydrogens (tertiary/aromatic N) is 1. The molecular formula is C20H24F2N2O. The van der Waals surface area contributed by atoms with Crippen molar-refractivity contribution in [3.63, 3.8) is 0 Å². The summed E-state index contributed by atoms with van der Waals surface area (Å²) >= 11 is 0. The van der Waals surface area contributed by atoms with Crippen molar-refractivity contribution in [2.45, 2.75) is 26.1 Å². The van der Waals surface area contributed by atoms with Gasteiger partial charge in [-0.1, -0.05) is 24.3 Å². The van der Waals surface area contributed by atoms with Crippen molar-refractivity contribution in [1.82, 2.24) is 10.2 Å². The molecule has 0 aliphatic carbocycles. The van der Waals surface area contributed by atoms with Gasteiger partial charge in [0.2, 0.25) is 0 Å². The van der Waals surface area contributed by atoms with Crippen LogP contribution in [0.25, 0.3) is 0 Å². The van der Waals surface area contributed by atoms with Gasteiger partial charge in [0.1, 0.15) is 11.6 Å². The fraction of sp³-hybridized carbons (Fsp3) is 0.400. The average Bonchev–Trinajstić information content (AvgIpc) is 2.61. The lowest BCUT2D eigenvalue weighted by Crippen LogP contribution is -2.36. The molecule has 3 nitrogen and oxygen atoms in total. The highest BCUT2D eigenvalue weighted by atomic mass is 19.1. The Balaban J connectivity index is 1.64. The Morgan fingerprint density at radius 3 is 2.36 bits per heavy atom. The van der Waals surface area contributed by atoms with E-state index in [1.807, 2.05) is 19.1 Å². The van der Waals surface area contributed by atoms with Crippen LogP contribution in [0.5, 0.6) is 0 Å². The lowest BCUT2D eigenvalue weighted by atomic mass is 10.0. The Kier molecular flexibility index (Phi) is 6.13. The number of hydrogen-bond donors (Lipinski definition) is 1. The molecule has 25 heavy (non-hydrogen) atoms. The van der Waals surface area contributed by atoms with Crippen LogP contribution in [-0.2, 0) is 17.8 Å². The molecule has 1 aliphatic rings. The Hall–Kier alpha value is -1.82. The van der Waals surface area contributed by atoms with E-state index in [2.05, 4.69) is 22.3 Å². The topological polar surface area (TPSA) is 24.5 Å². The van der Waals surface area contributed by atoms with Gasteiger partial charge in [-0.05, 0) is 35.7 Å². The van der Waals surface area contributed by atoms with Gasteiger partial charge in [-0.2, -0.15) is 0 Å². The minimum atomic E-state index is -0.545. The van der Waals surface area contributed by atoms with E-state index in [0.717, 1.165) is 38.9 Å². The van der Waals surface area contributed by atoms with Crippen LogP contribution >= 0.6 is 0 Å². The quantitative estimate of drug-likeness (QED) is 0.864. The van der Waals surface area contributed by atoms with Crippen LogP contribution in [0, 0.1) is 11.6 Å². The summed E-state index contributed by atoms with van der Waals surface area (Å²) in [6.07, 6.45) is 0. The standard InChI is InChI=1S/C20H24F2N2O/c1-15(18-10-19(21)12-20(22)11-18)23-13-16-4-2-3-5-17(16)14-24-6-8-25-9-7-24/h2-5,10-12,15,23H,6-9,13-14H2,1H3/t15-/m0/s1. The van der Waals surface area contributed by atoms with Gasteiger partial charge in [0.25, 0.3) is 0 Å². The number of ether oxygens (including phenoxy) is 1. The maximum atomic E-state index is 13.4. The maximum Gasteiger partial charge on any atom is 0.126 e. The molecule has 1 fully saturated rings. The van der Waals surface area contributed by atoms with Crippen LogP contribution in [0.4, 0.5) is 8.78 Å². The minimum Gasteiger partial charge on any atom is -0.379 e. The molecule has 0 amide bonds. The zero-order valence-electron chi connectivity index (χ0n) is 14.5. The summed E-state index contributed by atoms with van der Waals surface area (Å²) in [6, 6.07) is 11.8. The molecule has 1 aliphatic heterocycles. The number of benzene rings is 2. The van der Waals surface area contributed by atoms with Crippen molar-refractivity contribution < 1.29 is 13.5 Å². The molecule has 3 rings (SSSR count). The number of halogens is 2. The monoisotopic (exact) mass is 346 g/mol. The smallest absolute Gasteiger partial charge is 0.126 e. The van der Waals surface area contributed by atoms with Gasteiger partial charge in [-0.3, -0.25) is 4.90 Å². The van der Waals surface area contributed by atoms with Crippen molar-refractivity contribution in [2.24, 2.45) is 0 Å². The van der Waals surface area contributed by atoms with Crippen LogP contribution in [-0.4, -0.2) is 31.2 Å². The lowest BCUT2D eigenvalue weighted by Gasteiger charge is -2.27. The second-order valence-corrected chi connectivity index (χ2v) is 6.46. The fourth-order valence-corrected chi connectivity index (χ4v) is 3.09. The molecule has 0 bridgehead atoms. The van der Waals surface area contributed by atoms with Crippen molar-refractivity contribution in [3.05, 3.63) is 70.8 Å². The molecule has 0 aromatic heterocycles. The normalized spacial score (nSPS) is 16.8. The second-order valence-electron chi connectivity index (χ2n) is 6.46. The third kappa shape index (κ3) is 5.08. The minimum absolute atomic E-state index is 0.137. The Bertz CT molecular complexity index is 682. The SMILES string of the molecule is C[C@H](NCc1ccccc1CN1CCOCC1)c1cc(F)cc(F)c1. The molecule has 0 spiro atoms. The highest BCUT2D eigenvalue weighted by Gasteiger charge is 2.14. The van der Waals surface area contributed by atoms with Gasteiger partial charge in [0.05, 0.1) is 13.2 Å². The first-order valence-corrected chi connectivity index (χ1v) is 8.68. The summed E-state index contributed by atoms with van der Waals surface area (Å²) in [5, 5.41) is 3.37. The molecule has 0 radical (unpaired) electrons. The van der Waals surface area contributed by atoms with Crippen molar-refractivity contribution in [1.29, 1.82) is 0 Å². The van der Waals surface area contributed by atoms with E-state index in [9.17, 15) is 8.78 Å². The van der Waals surface area contributed by atoms with Gasteiger partial charge in [-0.25, -0.2) is 8.78 Å². The summed E-state index contributed by atoms with van der Waals surface area (Å²) < 4.78 is 32.2. The Morgan fingerprint density at radius 2 is 1.68 bits per heavy atom. The molecule has 1 heterocycles. The van der Waals surface area contributed by atoms with E-state index >= 15 is 0 Å². The molecular weight excluding hydrogens is 322 g/mol. The van der Waals surface area contributed by atoms with Gasteiger partial charge >= 0.3 is 0 Å². The third-order valence-electron chi connectivity index (χ3n) is 4.60. The Morgan fingerprint density at radius 1 is 1.04 bits per heavy atom. The predicted molar refractivity (Wildman–Crippen MR) is 94.2 cm³/mol. The summed E-state index contributed by atoms with van der Waals surface area (Å²) in [5.41, 5.74) is 3.09. The van der Waals surface area contributed by atoms with Crippen molar-refractivity contribution >= 4 is 0 Å². The van der Waals surface area contributed by atoms with Crippen LogP contribution in [0.1, 0.15) is 29.7 Å².